The molecule has 0 aromatic carbocycles. The summed E-state index contributed by atoms with van der Waals surface area (Å²) in [6.07, 6.45) is 17.6. The molecule has 2 amide bonds. The van der Waals surface area contributed by atoms with Gasteiger partial charge in [-0.3, -0.25) is 20.4 Å². The zero-order chi connectivity index (χ0) is 72.8. The number of likely N-dealkylation sites (tertiary alicyclic amines) is 1. The molecule has 8 unspecified atom stereocenters. The SMILES string of the molecule is C=CCC(CC=C)OP(OCCC#N)N(C(C)C)C(C)C.C=CCCCOP(OCCC#N)N(C(C)C)C(C)C.CC(C)N(C(C)C)P(OCCC#N)OCCN1CC2C3C=CC(C3)C2C1.CCCNC(=O)C1=NNC(C(=O)NCCOP(OCCC#N)N(C(C)C)C(C)C)=NN1. The molecule has 1 saturated heterocycles. The van der Waals surface area contributed by atoms with Crippen LogP contribution in [0.25, 0.3) is 0 Å². The number of rotatable bonds is 47. The maximum absolute atomic E-state index is 12.2. The van der Waals surface area contributed by atoms with Crippen LogP contribution in [0.2, 0.25) is 0 Å². The number of nitriles is 4. The van der Waals surface area contributed by atoms with Crippen LogP contribution in [-0.4, -0.2) is 180 Å². The van der Waals surface area contributed by atoms with E-state index in [1.54, 1.807) is 0 Å². The van der Waals surface area contributed by atoms with Crippen LogP contribution in [0.3, 0.4) is 0 Å². The minimum absolute atomic E-state index is 0.0176. The first kappa shape index (κ1) is 91.0. The predicted molar refractivity (Wildman–Crippen MR) is 394 cm³/mol. The van der Waals surface area contributed by atoms with E-state index in [4.69, 9.17) is 57.2 Å². The Balaban J connectivity index is 0.000000659. The van der Waals surface area contributed by atoms with E-state index in [0.29, 0.717) is 95.1 Å². The Bertz CT molecular complexity index is 2430. The highest BCUT2D eigenvalue weighted by Gasteiger charge is 2.49. The number of amides is 2. The first-order valence-electron chi connectivity index (χ1n) is 34.7. The van der Waals surface area contributed by atoms with Crippen molar-refractivity contribution in [2.75, 3.05) is 79.0 Å². The van der Waals surface area contributed by atoms with Gasteiger partial charge in [-0.25, -0.2) is 18.7 Å². The van der Waals surface area contributed by atoms with Gasteiger partial charge in [-0.05, 0) is 173 Å². The molecule has 25 nitrogen and oxygen atoms in total. The number of unbranched alkanes of at least 4 members (excludes halogenated alkanes) is 1. The quantitative estimate of drug-likeness (QED) is 0.0250. The van der Waals surface area contributed by atoms with Gasteiger partial charge in [0.15, 0.2) is 0 Å². The number of fused-ring (bicyclic) bond motifs is 5. The van der Waals surface area contributed by atoms with Crippen molar-refractivity contribution in [2.45, 2.75) is 236 Å². The van der Waals surface area contributed by atoms with Gasteiger partial charge in [-0.2, -0.15) is 21.0 Å². The van der Waals surface area contributed by atoms with Gasteiger partial charge < -0.3 is 51.7 Å². The second-order valence-electron chi connectivity index (χ2n) is 25.6. The van der Waals surface area contributed by atoms with Gasteiger partial charge >= 0.3 is 0 Å². The largest absolute Gasteiger partial charge is 0.349 e. The molecule has 0 radical (unpaired) electrons. The molecule has 8 atom stereocenters. The van der Waals surface area contributed by atoms with Crippen LogP contribution in [0.5, 0.6) is 0 Å². The van der Waals surface area contributed by atoms with Crippen LogP contribution in [0.1, 0.15) is 182 Å². The van der Waals surface area contributed by atoms with E-state index in [-0.39, 0.29) is 56.0 Å². The summed E-state index contributed by atoms with van der Waals surface area (Å²) < 4.78 is 56.4. The number of hydrazone groups is 2. The summed E-state index contributed by atoms with van der Waals surface area (Å²) in [7, 11) is -4.75. The highest BCUT2D eigenvalue weighted by atomic mass is 31.2. The van der Waals surface area contributed by atoms with Crippen LogP contribution < -0.4 is 21.5 Å². The first-order valence-corrected chi connectivity index (χ1v) is 39.2. The van der Waals surface area contributed by atoms with Crippen LogP contribution in [0.4, 0.5) is 0 Å². The van der Waals surface area contributed by atoms with Crippen LogP contribution in [0, 0.1) is 69.0 Å². The molecular formula is C68H123N15O10P4. The molecule has 4 N–H and O–H groups in total. The topological polar surface area (TPSA) is 292 Å². The normalized spacial score (nSPS) is 18.3. The number of nitrogens with one attached hydrogen (secondary N) is 4. The summed E-state index contributed by atoms with van der Waals surface area (Å²) in [6, 6.07) is 10.8. The van der Waals surface area contributed by atoms with Gasteiger partial charge in [-0.1, -0.05) is 37.3 Å². The summed E-state index contributed by atoms with van der Waals surface area (Å²) in [6.45, 7) is 54.5. The van der Waals surface area contributed by atoms with Crippen molar-refractivity contribution in [1.82, 2.24) is 45.1 Å². The third-order valence-corrected chi connectivity index (χ3v) is 23.5. The van der Waals surface area contributed by atoms with Crippen molar-refractivity contribution in [3.63, 3.8) is 0 Å². The summed E-state index contributed by atoms with van der Waals surface area (Å²) in [5, 5.41) is 47.8. The molecule has 1 saturated carbocycles. The Labute approximate surface area is 590 Å². The number of nitrogens with zero attached hydrogens (tertiary/aromatic N) is 11. The molecule has 4 rings (SSSR count). The Hall–Kier alpha value is -4.00. The van der Waals surface area contributed by atoms with Crippen molar-refractivity contribution in [2.24, 2.45) is 33.9 Å². The lowest BCUT2D eigenvalue weighted by atomic mass is 9.86. The monoisotopic (exact) mass is 1430 g/mol. The smallest absolute Gasteiger partial charge is 0.290 e. The molecule has 2 aliphatic carbocycles. The van der Waals surface area contributed by atoms with E-state index in [0.717, 1.165) is 62.3 Å². The third-order valence-electron chi connectivity index (χ3n) is 15.0. The maximum atomic E-state index is 12.2. The van der Waals surface area contributed by atoms with E-state index in [2.05, 4.69) is 195 Å². The predicted octanol–water partition coefficient (Wildman–Crippen LogP) is 13.8. The number of carbonyl (C=O) groups excluding carboxylic acids is 2. The molecule has 0 aromatic heterocycles. The molecule has 0 aromatic rings. The Kier molecular flexibility index (Phi) is 50.5. The standard InChI is InChI=1S/C20H34N3O2P.C18H33N8O4P.C16H29N2O2P.C14H27N2O2P/c1-15(2)23(16(3)4)26(24-10-5-8-21)25-11-9-22-13-19-17-6-7-18(12-17)20(19)14-22;1-6-9-20-17(27)15-22-24-16(25-23-15)18(28)21-10-12-30-31(29-11-7-8-19)26(13(2)3)14(4)5;1-7-10-16(11-8-2)20-21(19-13-9-12-17)18(14(3)4)15(5)6;1-6-7-8-11-17-19(18-12-9-10-15)16(13(2)3)14(4)5/h6-7,15-20H,5,9-14H2,1-4H3;13-14H,6-7,9-12H2,1-5H3,(H,20,27)(H,21,28)(H,22,23)(H,24,25);7-8,14-16H,1-2,9-11,13H2,3-6H3;6,13-14H,1,7-9,11-12H2,2-5H3. The van der Waals surface area contributed by atoms with Gasteiger partial charge in [0.1, 0.15) is 0 Å². The molecule has 29 heteroatoms. The van der Waals surface area contributed by atoms with E-state index < -0.39 is 45.9 Å². The van der Waals surface area contributed by atoms with Gasteiger partial charge in [0.05, 0.1) is 102 Å². The van der Waals surface area contributed by atoms with Crippen LogP contribution in [0.15, 0.2) is 60.3 Å². The second kappa shape index (κ2) is 53.8. The van der Waals surface area contributed by atoms with Gasteiger partial charge in [0, 0.05) is 81.1 Å². The molecule has 2 aliphatic heterocycles. The first-order chi connectivity index (χ1) is 46.3. The summed E-state index contributed by atoms with van der Waals surface area (Å²) in [4.78, 5) is 26.6. The summed E-state index contributed by atoms with van der Waals surface area (Å²) in [5.74, 6) is 2.44. The molecule has 2 heterocycles. The van der Waals surface area contributed by atoms with Gasteiger partial charge in [0.2, 0.25) is 11.7 Å². The zero-order valence-corrected chi connectivity index (χ0v) is 65.4. The minimum Gasteiger partial charge on any atom is -0.349 e. The van der Waals surface area contributed by atoms with E-state index >= 15 is 0 Å². The highest BCUT2D eigenvalue weighted by Crippen LogP contribution is 2.53. The van der Waals surface area contributed by atoms with E-state index in [9.17, 15) is 9.59 Å². The number of amidine groups is 2. The number of hydrogen-bond donors (Lipinski definition) is 4. The van der Waals surface area contributed by atoms with Crippen molar-refractivity contribution in [1.29, 1.82) is 21.0 Å². The lowest BCUT2D eigenvalue weighted by molar-refractivity contribution is -0.116. The van der Waals surface area contributed by atoms with E-state index in [1.165, 1.54) is 19.5 Å². The highest BCUT2D eigenvalue weighted by molar-refractivity contribution is 7.45. The van der Waals surface area contributed by atoms with E-state index in [1.807, 2.05) is 52.8 Å². The van der Waals surface area contributed by atoms with Crippen LogP contribution >= 0.6 is 34.1 Å². The number of allylic oxidation sites excluding steroid dienone is 3. The lowest BCUT2D eigenvalue weighted by Gasteiger charge is -2.37. The Morgan fingerprint density at radius 1 is 0.536 bits per heavy atom. The lowest BCUT2D eigenvalue weighted by Crippen LogP contribution is -2.48. The second-order valence-corrected chi connectivity index (χ2v) is 31.4. The fourth-order valence-electron chi connectivity index (χ4n) is 11.1. The zero-order valence-electron chi connectivity index (χ0n) is 61.9. The molecule has 2 fully saturated rings. The fourth-order valence-corrected chi connectivity index (χ4v) is 17.7. The van der Waals surface area contributed by atoms with Crippen LogP contribution in [-0.2, 0) is 45.8 Å². The molecule has 2 bridgehead atoms. The van der Waals surface area contributed by atoms with Gasteiger partial charge in [-0.15, -0.1) is 29.9 Å². The van der Waals surface area contributed by atoms with Crippen molar-refractivity contribution >= 4 is 57.6 Å². The molecule has 550 valence electrons. The minimum atomic E-state index is -1.37. The van der Waals surface area contributed by atoms with Gasteiger partial charge in [0.25, 0.3) is 45.9 Å². The average molecular weight is 1430 g/mol. The Morgan fingerprint density at radius 3 is 1.22 bits per heavy atom. The van der Waals surface area contributed by atoms with Crippen molar-refractivity contribution < 1.29 is 45.8 Å². The fraction of sp³-hybridized carbons (Fsp3) is 0.765. The molecule has 97 heavy (non-hydrogen) atoms. The number of carbonyl (C=O) groups is 2. The van der Waals surface area contributed by atoms with Crippen molar-refractivity contribution in [3.8, 4) is 24.3 Å². The summed E-state index contributed by atoms with van der Waals surface area (Å²) >= 11 is 0. The molecular weight excluding hydrogens is 1310 g/mol. The molecule has 0 spiro atoms. The average Bonchev–Trinajstić information content (AvgIpc) is 1.61. The summed E-state index contributed by atoms with van der Waals surface area (Å²) in [5.41, 5.74) is 4.92. The maximum Gasteiger partial charge on any atom is 0.290 e. The van der Waals surface area contributed by atoms with Crippen molar-refractivity contribution in [3.05, 3.63) is 50.1 Å². The third kappa shape index (κ3) is 35.9. The number of hydrogen-bond acceptors (Lipinski definition) is 23. The Morgan fingerprint density at radius 2 is 0.876 bits per heavy atom. The molecule has 4 aliphatic rings.